The van der Waals surface area contributed by atoms with Crippen LogP contribution in [0.4, 0.5) is 0 Å². The molecule has 0 aliphatic carbocycles. The van der Waals surface area contributed by atoms with Crippen LogP contribution >= 0.6 is 0 Å². The highest BCUT2D eigenvalue weighted by Gasteiger charge is 2.42. The van der Waals surface area contributed by atoms with Gasteiger partial charge in [-0.2, -0.15) is 0 Å². The fourth-order valence-electron chi connectivity index (χ4n) is 4.10. The number of nitrogens with zero attached hydrogens (tertiary/aromatic N) is 1. The van der Waals surface area contributed by atoms with Crippen molar-refractivity contribution in [1.82, 2.24) is 10.2 Å². The summed E-state index contributed by atoms with van der Waals surface area (Å²) in [6, 6.07) is 5.81. The number of hydrogen-bond donors (Lipinski definition) is 1. The van der Waals surface area contributed by atoms with Crippen LogP contribution in [0.1, 0.15) is 50.5 Å². The molecule has 7 heteroatoms. The summed E-state index contributed by atoms with van der Waals surface area (Å²) in [5.74, 6) is 1.47. The molecule has 0 bridgehead atoms. The summed E-state index contributed by atoms with van der Waals surface area (Å²) in [6.45, 7) is 3.10. The van der Waals surface area contributed by atoms with Crippen LogP contribution in [0.3, 0.4) is 0 Å². The van der Waals surface area contributed by atoms with Gasteiger partial charge in [-0.1, -0.05) is 6.92 Å². The number of hydrogen-bond acceptors (Lipinski definition) is 5. The molecule has 2 fully saturated rings. The summed E-state index contributed by atoms with van der Waals surface area (Å²) in [5.41, 5.74) is 0.349. The van der Waals surface area contributed by atoms with Crippen LogP contribution in [0.25, 0.3) is 0 Å². The molecule has 0 spiro atoms. The number of rotatable bonds is 6. The Balaban J connectivity index is 1.56. The average molecular weight is 388 g/mol. The fraction of sp³-hybridized carbons (Fsp3) is 0.571. The van der Waals surface area contributed by atoms with E-state index in [2.05, 4.69) is 5.32 Å². The van der Waals surface area contributed by atoms with Gasteiger partial charge in [0.1, 0.15) is 11.5 Å². The van der Waals surface area contributed by atoms with Gasteiger partial charge in [-0.25, -0.2) is 0 Å². The van der Waals surface area contributed by atoms with E-state index in [1.807, 2.05) is 23.1 Å². The lowest BCUT2D eigenvalue weighted by Crippen LogP contribution is -2.39. The van der Waals surface area contributed by atoms with Gasteiger partial charge in [0.15, 0.2) is 0 Å². The molecule has 3 amide bonds. The Morgan fingerprint density at radius 1 is 1.21 bits per heavy atom. The number of nitrogens with one attached hydrogen (secondary N) is 1. The number of amides is 3. The Morgan fingerprint density at radius 2 is 1.93 bits per heavy atom. The minimum atomic E-state index is -0.765. The van der Waals surface area contributed by atoms with Crippen molar-refractivity contribution in [3.05, 3.63) is 23.8 Å². The van der Waals surface area contributed by atoms with E-state index in [1.165, 1.54) is 0 Å². The largest absolute Gasteiger partial charge is 0.497 e. The molecule has 1 aromatic carbocycles. The van der Waals surface area contributed by atoms with Crippen LogP contribution < -0.4 is 14.8 Å². The van der Waals surface area contributed by atoms with E-state index in [9.17, 15) is 14.4 Å². The molecule has 3 rings (SSSR count). The summed E-state index contributed by atoms with van der Waals surface area (Å²) in [5, 5.41) is 2.33. The van der Waals surface area contributed by atoms with Gasteiger partial charge in [-0.05, 0) is 43.4 Å². The first-order valence-electron chi connectivity index (χ1n) is 9.70. The molecule has 152 valence electrons. The van der Waals surface area contributed by atoms with E-state index >= 15 is 0 Å². The van der Waals surface area contributed by atoms with Crippen LogP contribution in [0.5, 0.6) is 11.5 Å². The number of carbonyl (C=O) groups is 3. The fourth-order valence-corrected chi connectivity index (χ4v) is 4.10. The number of carbonyl (C=O) groups excluding carboxylic acids is 3. The second kappa shape index (κ2) is 8.20. The highest BCUT2D eigenvalue weighted by atomic mass is 16.5. The van der Waals surface area contributed by atoms with E-state index in [-0.39, 0.29) is 30.6 Å². The number of likely N-dealkylation sites (tertiary alicyclic amines) is 1. The highest BCUT2D eigenvalue weighted by Crippen LogP contribution is 2.37. The zero-order valence-corrected chi connectivity index (χ0v) is 16.7. The van der Waals surface area contributed by atoms with Crippen LogP contribution in [0, 0.1) is 5.41 Å². The quantitative estimate of drug-likeness (QED) is 0.756. The van der Waals surface area contributed by atoms with Crippen molar-refractivity contribution in [2.45, 2.75) is 44.9 Å². The highest BCUT2D eigenvalue weighted by molar-refractivity contribution is 6.05. The third kappa shape index (κ3) is 4.13. The Kier molecular flexibility index (Phi) is 5.91. The SMILES string of the molecule is COc1ccc(OC)c(C2CCN(C(=O)CCC3(C)CC(=O)NC3=O)CC2)c1. The molecule has 28 heavy (non-hydrogen) atoms. The summed E-state index contributed by atoms with van der Waals surface area (Å²) < 4.78 is 10.8. The molecular formula is C21H28N2O5. The van der Waals surface area contributed by atoms with E-state index in [1.54, 1.807) is 21.1 Å². The summed E-state index contributed by atoms with van der Waals surface area (Å²) in [6.07, 6.45) is 2.55. The smallest absolute Gasteiger partial charge is 0.233 e. The average Bonchev–Trinajstić information content (AvgIpc) is 2.97. The van der Waals surface area contributed by atoms with Crippen molar-refractivity contribution in [3.63, 3.8) is 0 Å². The summed E-state index contributed by atoms with van der Waals surface area (Å²) in [7, 11) is 3.31. The maximum Gasteiger partial charge on any atom is 0.233 e. The van der Waals surface area contributed by atoms with E-state index in [0.29, 0.717) is 25.4 Å². The number of piperidine rings is 1. The van der Waals surface area contributed by atoms with Gasteiger partial charge in [0.25, 0.3) is 0 Å². The lowest BCUT2D eigenvalue weighted by molar-refractivity contribution is -0.133. The van der Waals surface area contributed by atoms with E-state index in [0.717, 1.165) is 29.9 Å². The van der Waals surface area contributed by atoms with Gasteiger partial charge in [-0.15, -0.1) is 0 Å². The molecule has 0 radical (unpaired) electrons. The zero-order valence-electron chi connectivity index (χ0n) is 16.7. The maximum atomic E-state index is 12.6. The van der Waals surface area contributed by atoms with Gasteiger partial charge in [0.2, 0.25) is 17.7 Å². The molecule has 2 heterocycles. The molecule has 1 aromatic rings. The number of imide groups is 1. The first-order valence-corrected chi connectivity index (χ1v) is 9.70. The first kappa shape index (κ1) is 20.2. The molecule has 0 aromatic heterocycles. The Hall–Kier alpha value is -2.57. The minimum Gasteiger partial charge on any atom is -0.497 e. The third-order valence-corrected chi connectivity index (χ3v) is 5.97. The lowest BCUT2D eigenvalue weighted by atomic mass is 9.83. The molecule has 1 N–H and O–H groups in total. The van der Waals surface area contributed by atoms with Gasteiger partial charge in [-0.3, -0.25) is 19.7 Å². The Bertz CT molecular complexity index is 770. The van der Waals surface area contributed by atoms with E-state index in [4.69, 9.17) is 9.47 Å². The Morgan fingerprint density at radius 3 is 2.50 bits per heavy atom. The van der Waals surface area contributed by atoms with Crippen LogP contribution in [-0.4, -0.2) is 49.9 Å². The molecule has 1 unspecified atom stereocenters. The molecule has 2 aliphatic heterocycles. The third-order valence-electron chi connectivity index (χ3n) is 5.97. The first-order chi connectivity index (χ1) is 13.4. The van der Waals surface area contributed by atoms with Crippen LogP contribution in [0.15, 0.2) is 18.2 Å². The predicted octanol–water partition coefficient (Wildman–Crippen LogP) is 2.24. The second-order valence-electron chi connectivity index (χ2n) is 7.88. The van der Waals surface area contributed by atoms with Crippen molar-refractivity contribution < 1.29 is 23.9 Å². The maximum absolute atomic E-state index is 12.6. The van der Waals surface area contributed by atoms with Gasteiger partial charge < -0.3 is 14.4 Å². The molecular weight excluding hydrogens is 360 g/mol. The second-order valence-corrected chi connectivity index (χ2v) is 7.88. The topological polar surface area (TPSA) is 84.9 Å². The van der Waals surface area contributed by atoms with Crippen molar-refractivity contribution >= 4 is 17.7 Å². The van der Waals surface area contributed by atoms with Gasteiger partial charge >= 0.3 is 0 Å². The number of ether oxygens (including phenoxy) is 2. The summed E-state index contributed by atoms with van der Waals surface area (Å²) in [4.78, 5) is 37.8. The minimum absolute atomic E-state index is 0.0458. The van der Waals surface area contributed by atoms with Crippen molar-refractivity contribution in [1.29, 1.82) is 0 Å². The van der Waals surface area contributed by atoms with Crippen LogP contribution in [-0.2, 0) is 14.4 Å². The summed E-state index contributed by atoms with van der Waals surface area (Å²) >= 11 is 0. The van der Waals surface area contributed by atoms with Gasteiger partial charge in [0.05, 0.1) is 19.6 Å². The van der Waals surface area contributed by atoms with Crippen molar-refractivity contribution in [3.8, 4) is 11.5 Å². The normalized spacial score (nSPS) is 22.9. The molecule has 2 aliphatic rings. The number of methoxy groups -OCH3 is 2. The van der Waals surface area contributed by atoms with Crippen molar-refractivity contribution in [2.24, 2.45) is 5.41 Å². The Labute approximate surface area is 165 Å². The predicted molar refractivity (Wildman–Crippen MR) is 103 cm³/mol. The monoisotopic (exact) mass is 388 g/mol. The van der Waals surface area contributed by atoms with E-state index < -0.39 is 5.41 Å². The molecule has 1 atom stereocenters. The van der Waals surface area contributed by atoms with Gasteiger partial charge in [0, 0.05) is 31.5 Å². The molecule has 2 saturated heterocycles. The van der Waals surface area contributed by atoms with Crippen LogP contribution in [0.2, 0.25) is 0 Å². The standard InChI is InChI=1S/C21H28N2O5/c1-21(13-18(24)22-20(21)26)9-6-19(25)23-10-7-14(8-11-23)16-12-15(27-2)4-5-17(16)28-3/h4-5,12,14H,6-11,13H2,1-3H3,(H,22,24,26). The zero-order chi connectivity index (χ0) is 20.3. The molecule has 0 saturated carbocycles. The molecule has 7 nitrogen and oxygen atoms in total. The lowest BCUT2D eigenvalue weighted by Gasteiger charge is -2.33. The van der Waals surface area contributed by atoms with Crippen molar-refractivity contribution in [2.75, 3.05) is 27.3 Å². The number of benzene rings is 1.